The Labute approximate surface area is 89.0 Å². The molecule has 1 fully saturated rings. The SMILES string of the molecule is CC1(C)CCCC(O)(c2cscn2)C1. The molecule has 0 aromatic carbocycles. The quantitative estimate of drug-likeness (QED) is 0.774. The van der Waals surface area contributed by atoms with Gasteiger partial charge in [-0.2, -0.15) is 0 Å². The third-order valence-corrected chi connectivity index (χ3v) is 3.71. The molecule has 1 aromatic rings. The highest BCUT2D eigenvalue weighted by Gasteiger charge is 2.40. The van der Waals surface area contributed by atoms with E-state index in [0.29, 0.717) is 0 Å². The molecule has 1 atom stereocenters. The predicted molar refractivity (Wildman–Crippen MR) is 58.3 cm³/mol. The second kappa shape index (κ2) is 3.31. The van der Waals surface area contributed by atoms with Crippen LogP contribution in [-0.4, -0.2) is 10.1 Å². The molecule has 0 saturated heterocycles. The molecule has 1 aliphatic carbocycles. The van der Waals surface area contributed by atoms with Crippen molar-refractivity contribution in [3.63, 3.8) is 0 Å². The van der Waals surface area contributed by atoms with E-state index < -0.39 is 5.60 Å². The van der Waals surface area contributed by atoms with Crippen molar-refractivity contribution in [3.05, 3.63) is 16.6 Å². The summed E-state index contributed by atoms with van der Waals surface area (Å²) in [4.78, 5) is 4.25. The molecule has 78 valence electrons. The fourth-order valence-corrected chi connectivity index (χ4v) is 3.13. The number of hydrogen-bond donors (Lipinski definition) is 1. The Morgan fingerprint density at radius 2 is 2.21 bits per heavy atom. The number of hydrogen-bond acceptors (Lipinski definition) is 3. The summed E-state index contributed by atoms with van der Waals surface area (Å²) < 4.78 is 0. The van der Waals surface area contributed by atoms with E-state index in [9.17, 15) is 5.11 Å². The zero-order valence-electron chi connectivity index (χ0n) is 8.79. The number of nitrogens with zero attached hydrogens (tertiary/aromatic N) is 1. The number of aromatic nitrogens is 1. The Balaban J connectivity index is 2.24. The van der Waals surface area contributed by atoms with Crippen LogP contribution >= 0.6 is 11.3 Å². The van der Waals surface area contributed by atoms with Crippen LogP contribution in [0, 0.1) is 5.41 Å². The average Bonchev–Trinajstić information content (AvgIpc) is 2.52. The monoisotopic (exact) mass is 211 g/mol. The first-order valence-corrected chi connectivity index (χ1v) is 6.07. The van der Waals surface area contributed by atoms with Crippen molar-refractivity contribution in [2.75, 3.05) is 0 Å². The minimum atomic E-state index is -0.665. The van der Waals surface area contributed by atoms with Gasteiger partial charge in [0.15, 0.2) is 0 Å². The van der Waals surface area contributed by atoms with Crippen molar-refractivity contribution in [1.29, 1.82) is 0 Å². The van der Waals surface area contributed by atoms with Crippen LogP contribution in [0.5, 0.6) is 0 Å². The lowest BCUT2D eigenvalue weighted by Crippen LogP contribution is -2.36. The van der Waals surface area contributed by atoms with Crippen LogP contribution in [0.1, 0.15) is 45.2 Å². The lowest BCUT2D eigenvalue weighted by atomic mass is 9.69. The molecule has 1 aliphatic rings. The van der Waals surface area contributed by atoms with Crippen LogP contribution in [0.15, 0.2) is 10.9 Å². The zero-order chi connectivity index (χ0) is 10.2. The molecule has 1 aromatic heterocycles. The van der Waals surface area contributed by atoms with E-state index in [1.165, 1.54) is 6.42 Å². The van der Waals surface area contributed by atoms with Gasteiger partial charge in [0.2, 0.25) is 0 Å². The Bertz CT molecular complexity index is 307. The van der Waals surface area contributed by atoms with Gasteiger partial charge in [-0.1, -0.05) is 13.8 Å². The molecule has 0 bridgehead atoms. The second-order valence-corrected chi connectivity index (χ2v) is 5.82. The molecule has 14 heavy (non-hydrogen) atoms. The number of aliphatic hydroxyl groups is 1. The first kappa shape index (κ1) is 10.1. The third-order valence-electron chi connectivity index (χ3n) is 3.12. The third kappa shape index (κ3) is 1.84. The molecule has 0 spiro atoms. The van der Waals surface area contributed by atoms with Crippen LogP contribution in [-0.2, 0) is 5.60 Å². The van der Waals surface area contributed by atoms with Gasteiger partial charge in [0.1, 0.15) is 5.60 Å². The van der Waals surface area contributed by atoms with Crippen LogP contribution in [0.4, 0.5) is 0 Å². The molecule has 1 unspecified atom stereocenters. The Morgan fingerprint density at radius 3 is 2.79 bits per heavy atom. The van der Waals surface area contributed by atoms with Crippen molar-refractivity contribution in [1.82, 2.24) is 4.98 Å². The maximum atomic E-state index is 10.5. The van der Waals surface area contributed by atoms with E-state index in [4.69, 9.17) is 0 Å². The summed E-state index contributed by atoms with van der Waals surface area (Å²) in [6.45, 7) is 4.45. The highest BCUT2D eigenvalue weighted by atomic mass is 32.1. The minimum Gasteiger partial charge on any atom is -0.384 e. The van der Waals surface area contributed by atoms with E-state index >= 15 is 0 Å². The normalized spacial score (nSPS) is 31.6. The van der Waals surface area contributed by atoms with Gasteiger partial charge in [-0.15, -0.1) is 11.3 Å². The van der Waals surface area contributed by atoms with Gasteiger partial charge in [0.25, 0.3) is 0 Å². The molecule has 2 rings (SSSR count). The fourth-order valence-electron chi connectivity index (χ4n) is 2.49. The van der Waals surface area contributed by atoms with Crippen molar-refractivity contribution in [3.8, 4) is 0 Å². The smallest absolute Gasteiger partial charge is 0.108 e. The number of rotatable bonds is 1. The van der Waals surface area contributed by atoms with Crippen molar-refractivity contribution in [2.24, 2.45) is 5.41 Å². The molecule has 1 saturated carbocycles. The first-order chi connectivity index (χ1) is 6.52. The van der Waals surface area contributed by atoms with E-state index in [0.717, 1.165) is 25.0 Å². The Kier molecular flexibility index (Phi) is 2.40. The van der Waals surface area contributed by atoms with Crippen molar-refractivity contribution < 1.29 is 5.11 Å². The summed E-state index contributed by atoms with van der Waals surface area (Å²) in [5, 5.41) is 12.5. The van der Waals surface area contributed by atoms with Crippen molar-refractivity contribution in [2.45, 2.75) is 45.1 Å². The lowest BCUT2D eigenvalue weighted by Gasteiger charge is -2.40. The summed E-state index contributed by atoms with van der Waals surface area (Å²) >= 11 is 1.56. The molecular formula is C11H17NOS. The largest absolute Gasteiger partial charge is 0.384 e. The van der Waals surface area contributed by atoms with Gasteiger partial charge >= 0.3 is 0 Å². The molecule has 2 nitrogen and oxygen atoms in total. The van der Waals surface area contributed by atoms with Gasteiger partial charge in [0, 0.05) is 5.38 Å². The molecular weight excluding hydrogens is 194 g/mol. The van der Waals surface area contributed by atoms with Crippen molar-refractivity contribution >= 4 is 11.3 Å². The van der Waals surface area contributed by atoms with Gasteiger partial charge in [0.05, 0.1) is 11.2 Å². The summed E-state index contributed by atoms with van der Waals surface area (Å²) in [6, 6.07) is 0. The van der Waals surface area contributed by atoms with Gasteiger partial charge in [-0.3, -0.25) is 0 Å². The number of thiazole rings is 1. The van der Waals surface area contributed by atoms with Crippen LogP contribution < -0.4 is 0 Å². The van der Waals surface area contributed by atoms with E-state index in [1.54, 1.807) is 16.8 Å². The first-order valence-electron chi connectivity index (χ1n) is 5.13. The van der Waals surface area contributed by atoms with Gasteiger partial charge < -0.3 is 5.11 Å². The average molecular weight is 211 g/mol. The van der Waals surface area contributed by atoms with Crippen LogP contribution in [0.2, 0.25) is 0 Å². The summed E-state index contributed by atoms with van der Waals surface area (Å²) in [7, 11) is 0. The van der Waals surface area contributed by atoms with Crippen LogP contribution in [0.25, 0.3) is 0 Å². The summed E-state index contributed by atoms with van der Waals surface area (Å²) in [5.74, 6) is 0. The highest BCUT2D eigenvalue weighted by Crippen LogP contribution is 2.45. The standard InChI is InChI=1S/C11H17NOS/c1-10(2)4-3-5-11(13,7-10)9-6-14-8-12-9/h6,8,13H,3-5,7H2,1-2H3. The summed E-state index contributed by atoms with van der Waals surface area (Å²) in [6.07, 6.45) is 4.00. The Hall–Kier alpha value is -0.410. The maximum absolute atomic E-state index is 10.5. The predicted octanol–water partition coefficient (Wildman–Crippen LogP) is 2.93. The zero-order valence-corrected chi connectivity index (χ0v) is 9.60. The molecule has 3 heteroatoms. The van der Waals surface area contributed by atoms with Gasteiger partial charge in [-0.05, 0) is 31.1 Å². The van der Waals surface area contributed by atoms with E-state index in [2.05, 4.69) is 18.8 Å². The second-order valence-electron chi connectivity index (χ2n) is 5.10. The molecule has 0 aliphatic heterocycles. The van der Waals surface area contributed by atoms with Crippen LogP contribution in [0.3, 0.4) is 0 Å². The highest BCUT2D eigenvalue weighted by molar-refractivity contribution is 7.07. The van der Waals surface area contributed by atoms with Gasteiger partial charge in [-0.25, -0.2) is 4.98 Å². The molecule has 1 N–H and O–H groups in total. The fraction of sp³-hybridized carbons (Fsp3) is 0.727. The maximum Gasteiger partial charge on any atom is 0.108 e. The topological polar surface area (TPSA) is 33.1 Å². The Morgan fingerprint density at radius 1 is 1.43 bits per heavy atom. The van der Waals surface area contributed by atoms with E-state index in [1.807, 2.05) is 5.38 Å². The minimum absolute atomic E-state index is 0.247. The molecule has 1 heterocycles. The lowest BCUT2D eigenvalue weighted by molar-refractivity contribution is -0.0469. The van der Waals surface area contributed by atoms with E-state index in [-0.39, 0.29) is 5.41 Å². The summed E-state index contributed by atoms with van der Waals surface area (Å²) in [5.41, 5.74) is 2.25. The molecule has 0 amide bonds. The molecule has 0 radical (unpaired) electrons.